The zero-order chi connectivity index (χ0) is 20.1. The van der Waals surface area contributed by atoms with E-state index in [1.807, 2.05) is 44.2 Å². The lowest BCUT2D eigenvalue weighted by Crippen LogP contribution is -2.29. The first-order valence-corrected chi connectivity index (χ1v) is 10.6. The van der Waals surface area contributed by atoms with Gasteiger partial charge in [0.05, 0.1) is 4.90 Å². The van der Waals surface area contributed by atoms with E-state index in [1.165, 1.54) is 0 Å². The van der Waals surface area contributed by atoms with Gasteiger partial charge in [-0.05, 0) is 37.1 Å². The third-order valence-electron chi connectivity index (χ3n) is 4.63. The van der Waals surface area contributed by atoms with Gasteiger partial charge in [0.15, 0.2) is 15.6 Å². The summed E-state index contributed by atoms with van der Waals surface area (Å²) in [7, 11) is -3.89. The molecule has 0 saturated heterocycles. The molecule has 0 bridgehead atoms. The van der Waals surface area contributed by atoms with Gasteiger partial charge in [-0.1, -0.05) is 84.4 Å². The van der Waals surface area contributed by atoms with Gasteiger partial charge in [0.1, 0.15) is 5.25 Å². The molecule has 0 aromatic heterocycles. The number of benzene rings is 3. The fourth-order valence-electron chi connectivity index (χ4n) is 2.97. The van der Waals surface area contributed by atoms with Crippen LogP contribution in [0.15, 0.2) is 95.9 Å². The van der Waals surface area contributed by atoms with Crippen LogP contribution in [0.5, 0.6) is 0 Å². The largest absolute Gasteiger partial charge is 0.292 e. The smallest absolute Gasteiger partial charge is 0.192 e. The molecule has 1 atom stereocenters. The molecule has 0 aliphatic rings. The SMILES string of the molecule is C/C(=C\C(C(=O)c1ccccc1)S(=O)(=O)c1ccc(C)cc1)c1ccccc1. The second-order valence-electron chi connectivity index (χ2n) is 6.72. The van der Waals surface area contributed by atoms with Crippen LogP contribution in [-0.4, -0.2) is 19.5 Å². The molecular weight excluding hydrogens is 368 g/mol. The van der Waals surface area contributed by atoms with Crippen LogP contribution in [0.4, 0.5) is 0 Å². The first-order valence-electron chi connectivity index (χ1n) is 9.03. The van der Waals surface area contributed by atoms with Crippen LogP contribution in [0, 0.1) is 6.92 Å². The predicted molar refractivity (Wildman–Crippen MR) is 113 cm³/mol. The molecule has 0 saturated carbocycles. The lowest BCUT2D eigenvalue weighted by Gasteiger charge is -2.15. The van der Waals surface area contributed by atoms with Crippen LogP contribution in [-0.2, 0) is 9.84 Å². The number of rotatable bonds is 6. The number of allylic oxidation sites excluding steroid dienone is 1. The number of Topliss-reactive ketones (excluding diaryl/α,β-unsaturated/α-hetero) is 1. The molecule has 1 unspecified atom stereocenters. The van der Waals surface area contributed by atoms with Crippen LogP contribution in [0.1, 0.15) is 28.4 Å². The van der Waals surface area contributed by atoms with Crippen LogP contribution in [0.25, 0.3) is 5.57 Å². The highest BCUT2D eigenvalue weighted by molar-refractivity contribution is 7.93. The minimum Gasteiger partial charge on any atom is -0.292 e. The van der Waals surface area contributed by atoms with Gasteiger partial charge in [-0.3, -0.25) is 4.79 Å². The molecule has 0 N–H and O–H groups in total. The van der Waals surface area contributed by atoms with Gasteiger partial charge < -0.3 is 0 Å². The van der Waals surface area contributed by atoms with E-state index in [0.717, 1.165) is 16.7 Å². The van der Waals surface area contributed by atoms with Crippen molar-refractivity contribution in [3.05, 3.63) is 108 Å². The molecule has 0 aliphatic heterocycles. The molecule has 3 nitrogen and oxygen atoms in total. The summed E-state index contributed by atoms with van der Waals surface area (Å²) in [6.45, 7) is 3.72. The third kappa shape index (κ3) is 4.29. The molecule has 3 aromatic carbocycles. The number of sulfone groups is 1. The van der Waals surface area contributed by atoms with E-state index in [2.05, 4.69) is 0 Å². The summed E-state index contributed by atoms with van der Waals surface area (Å²) in [6, 6.07) is 24.6. The highest BCUT2D eigenvalue weighted by Gasteiger charge is 2.33. The Hall–Kier alpha value is -2.98. The summed E-state index contributed by atoms with van der Waals surface area (Å²) in [5, 5.41) is -1.29. The Labute approximate surface area is 166 Å². The molecule has 0 radical (unpaired) electrons. The highest BCUT2D eigenvalue weighted by Crippen LogP contribution is 2.24. The molecule has 4 heteroatoms. The van der Waals surface area contributed by atoms with Gasteiger partial charge in [-0.2, -0.15) is 0 Å². The standard InChI is InChI=1S/C24H22O3S/c1-18-13-15-22(16-14-18)28(26,27)23(24(25)21-11-7-4-8-12-21)17-19(2)20-9-5-3-6-10-20/h3-17,23H,1-2H3/b19-17+. The average Bonchev–Trinajstić information content (AvgIpc) is 2.73. The van der Waals surface area contributed by atoms with E-state index in [0.29, 0.717) is 5.56 Å². The first-order chi connectivity index (χ1) is 13.4. The van der Waals surface area contributed by atoms with Gasteiger partial charge >= 0.3 is 0 Å². The van der Waals surface area contributed by atoms with Crippen molar-refractivity contribution in [1.29, 1.82) is 0 Å². The maximum Gasteiger partial charge on any atom is 0.192 e. The minimum absolute atomic E-state index is 0.143. The van der Waals surface area contributed by atoms with Gasteiger partial charge in [-0.25, -0.2) is 8.42 Å². The van der Waals surface area contributed by atoms with Gasteiger partial charge in [0.25, 0.3) is 0 Å². The van der Waals surface area contributed by atoms with Crippen LogP contribution < -0.4 is 0 Å². The Morgan fingerprint density at radius 1 is 0.786 bits per heavy atom. The molecule has 0 amide bonds. The van der Waals surface area contributed by atoms with Crippen LogP contribution >= 0.6 is 0 Å². The molecule has 3 rings (SSSR count). The lowest BCUT2D eigenvalue weighted by molar-refractivity contribution is 0.0999. The Morgan fingerprint density at radius 2 is 1.29 bits per heavy atom. The average molecular weight is 391 g/mol. The van der Waals surface area contributed by atoms with Crippen molar-refractivity contribution in [3.63, 3.8) is 0 Å². The monoisotopic (exact) mass is 390 g/mol. The summed E-state index contributed by atoms with van der Waals surface area (Å²) in [6.07, 6.45) is 1.56. The summed E-state index contributed by atoms with van der Waals surface area (Å²) in [5.41, 5.74) is 2.96. The van der Waals surface area contributed by atoms with Gasteiger partial charge in [0.2, 0.25) is 0 Å². The van der Waals surface area contributed by atoms with Crippen molar-refractivity contribution in [1.82, 2.24) is 0 Å². The second kappa shape index (κ2) is 8.36. The number of hydrogen-bond donors (Lipinski definition) is 0. The number of ketones is 1. The zero-order valence-electron chi connectivity index (χ0n) is 15.9. The molecule has 0 spiro atoms. The van der Waals surface area contributed by atoms with E-state index in [9.17, 15) is 13.2 Å². The number of aryl methyl sites for hydroxylation is 1. The van der Waals surface area contributed by atoms with Crippen LogP contribution in [0.2, 0.25) is 0 Å². The van der Waals surface area contributed by atoms with E-state index >= 15 is 0 Å². The van der Waals surface area contributed by atoms with Crippen molar-refractivity contribution in [3.8, 4) is 0 Å². The maximum absolute atomic E-state index is 13.4. The summed E-state index contributed by atoms with van der Waals surface area (Å²) >= 11 is 0. The quantitative estimate of drug-likeness (QED) is 0.549. The van der Waals surface area contributed by atoms with Crippen molar-refractivity contribution < 1.29 is 13.2 Å². The van der Waals surface area contributed by atoms with E-state index in [4.69, 9.17) is 0 Å². The van der Waals surface area contributed by atoms with Gasteiger partial charge in [-0.15, -0.1) is 0 Å². The Bertz CT molecular complexity index is 1080. The van der Waals surface area contributed by atoms with Crippen molar-refractivity contribution in [2.75, 3.05) is 0 Å². The molecule has 0 aliphatic carbocycles. The fraction of sp³-hybridized carbons (Fsp3) is 0.125. The molecule has 0 fully saturated rings. The number of carbonyl (C=O) groups is 1. The van der Waals surface area contributed by atoms with Crippen molar-refractivity contribution in [2.45, 2.75) is 24.0 Å². The highest BCUT2D eigenvalue weighted by atomic mass is 32.2. The normalized spacial score (nSPS) is 13.1. The van der Waals surface area contributed by atoms with E-state index in [1.54, 1.807) is 60.7 Å². The van der Waals surface area contributed by atoms with Crippen molar-refractivity contribution in [2.24, 2.45) is 0 Å². The fourth-order valence-corrected chi connectivity index (χ4v) is 4.58. The van der Waals surface area contributed by atoms with E-state index in [-0.39, 0.29) is 4.90 Å². The Balaban J connectivity index is 2.11. The first kappa shape index (κ1) is 19.8. The van der Waals surface area contributed by atoms with Crippen molar-refractivity contribution >= 4 is 21.2 Å². The second-order valence-corrected chi connectivity index (χ2v) is 8.79. The molecule has 142 valence electrons. The topological polar surface area (TPSA) is 51.2 Å². The minimum atomic E-state index is -3.89. The number of carbonyl (C=O) groups excluding carboxylic acids is 1. The van der Waals surface area contributed by atoms with Crippen LogP contribution in [0.3, 0.4) is 0 Å². The number of hydrogen-bond acceptors (Lipinski definition) is 3. The Kier molecular flexibility index (Phi) is 5.90. The summed E-state index contributed by atoms with van der Waals surface area (Å²) < 4.78 is 26.7. The maximum atomic E-state index is 13.4. The molecule has 28 heavy (non-hydrogen) atoms. The summed E-state index contributed by atoms with van der Waals surface area (Å²) in [4.78, 5) is 13.3. The molecule has 0 heterocycles. The van der Waals surface area contributed by atoms with E-state index < -0.39 is 20.9 Å². The Morgan fingerprint density at radius 3 is 1.82 bits per heavy atom. The summed E-state index contributed by atoms with van der Waals surface area (Å²) in [5.74, 6) is -0.434. The predicted octanol–water partition coefficient (Wildman–Crippen LogP) is 5.12. The molecule has 3 aromatic rings. The molecular formula is C24H22O3S. The zero-order valence-corrected chi connectivity index (χ0v) is 16.7. The third-order valence-corrected chi connectivity index (χ3v) is 6.58. The van der Waals surface area contributed by atoms with Gasteiger partial charge in [0, 0.05) is 5.56 Å². The lowest BCUT2D eigenvalue weighted by atomic mass is 10.0.